The van der Waals surface area contributed by atoms with E-state index >= 15 is 0 Å². The molecule has 1 N–H and O–H groups in total. The van der Waals surface area contributed by atoms with Crippen molar-refractivity contribution in [1.82, 2.24) is 9.47 Å². The molecule has 0 saturated heterocycles. The number of halogens is 1. The highest BCUT2D eigenvalue weighted by Crippen LogP contribution is 2.32. The molecule has 1 aromatic heterocycles. The van der Waals surface area contributed by atoms with E-state index in [2.05, 4.69) is 0 Å². The van der Waals surface area contributed by atoms with Crippen LogP contribution in [-0.2, 0) is 24.3 Å². The molecule has 0 radical (unpaired) electrons. The molecule has 3 aromatic carbocycles. The molecule has 5 nitrogen and oxygen atoms in total. The Morgan fingerprint density at radius 3 is 2.40 bits per heavy atom. The minimum atomic E-state index is -0.894. The van der Waals surface area contributed by atoms with Crippen LogP contribution in [0.4, 0.5) is 4.39 Å². The highest BCUT2D eigenvalue weighted by molar-refractivity contribution is 6.07. The SMILES string of the molecule is O=C(O)Cn1c2c(c3ccccc31)CN(C(=O)c1ccc(F)c3ccccc13)CC2. The second kappa shape index (κ2) is 6.99. The molecule has 1 aliphatic heterocycles. The van der Waals surface area contributed by atoms with Gasteiger partial charge in [0.05, 0.1) is 0 Å². The van der Waals surface area contributed by atoms with E-state index in [0.717, 1.165) is 22.2 Å². The summed E-state index contributed by atoms with van der Waals surface area (Å²) in [5.74, 6) is -1.39. The second-order valence-corrected chi connectivity index (χ2v) is 7.54. The number of benzene rings is 3. The van der Waals surface area contributed by atoms with Crippen molar-refractivity contribution >= 4 is 33.6 Å². The van der Waals surface area contributed by atoms with Crippen molar-refractivity contribution in [3.8, 4) is 0 Å². The van der Waals surface area contributed by atoms with Crippen LogP contribution >= 0.6 is 0 Å². The molecule has 0 bridgehead atoms. The van der Waals surface area contributed by atoms with Crippen LogP contribution in [0.1, 0.15) is 21.6 Å². The number of fused-ring (bicyclic) bond motifs is 4. The number of aromatic nitrogens is 1. The van der Waals surface area contributed by atoms with Crippen molar-refractivity contribution in [2.75, 3.05) is 6.54 Å². The fraction of sp³-hybridized carbons (Fsp3) is 0.167. The average molecular weight is 402 g/mol. The first-order chi connectivity index (χ1) is 14.5. The van der Waals surface area contributed by atoms with Gasteiger partial charge in [-0.15, -0.1) is 0 Å². The molecule has 6 heteroatoms. The fourth-order valence-corrected chi connectivity index (χ4v) is 4.51. The van der Waals surface area contributed by atoms with E-state index in [9.17, 15) is 19.1 Å². The topological polar surface area (TPSA) is 62.5 Å². The zero-order valence-corrected chi connectivity index (χ0v) is 16.1. The van der Waals surface area contributed by atoms with Gasteiger partial charge in [-0.05, 0) is 23.6 Å². The van der Waals surface area contributed by atoms with Crippen molar-refractivity contribution in [3.63, 3.8) is 0 Å². The van der Waals surface area contributed by atoms with Crippen molar-refractivity contribution < 1.29 is 19.1 Å². The second-order valence-electron chi connectivity index (χ2n) is 7.54. The molecule has 1 aliphatic rings. The molecule has 5 rings (SSSR count). The third-order valence-electron chi connectivity index (χ3n) is 5.84. The zero-order chi connectivity index (χ0) is 20.8. The molecule has 0 fully saturated rings. The maximum atomic E-state index is 14.2. The van der Waals surface area contributed by atoms with Gasteiger partial charge < -0.3 is 14.6 Å². The highest BCUT2D eigenvalue weighted by atomic mass is 19.1. The van der Waals surface area contributed by atoms with Gasteiger partial charge in [0.2, 0.25) is 0 Å². The summed E-state index contributed by atoms with van der Waals surface area (Å²) >= 11 is 0. The van der Waals surface area contributed by atoms with Gasteiger partial charge in [-0.1, -0.05) is 42.5 Å². The summed E-state index contributed by atoms with van der Waals surface area (Å²) in [5.41, 5.74) is 3.29. The maximum Gasteiger partial charge on any atom is 0.323 e. The lowest BCUT2D eigenvalue weighted by Crippen LogP contribution is -2.36. The number of carbonyl (C=O) groups is 2. The molecule has 2 heterocycles. The molecule has 0 spiro atoms. The number of hydrogen-bond acceptors (Lipinski definition) is 2. The minimum absolute atomic E-state index is 0.105. The van der Waals surface area contributed by atoms with E-state index in [0.29, 0.717) is 35.8 Å². The molecular formula is C24H19FN2O3. The largest absolute Gasteiger partial charge is 0.480 e. The zero-order valence-electron chi connectivity index (χ0n) is 16.1. The summed E-state index contributed by atoms with van der Waals surface area (Å²) in [7, 11) is 0. The predicted octanol–water partition coefficient (Wildman–Crippen LogP) is 4.22. The van der Waals surface area contributed by atoms with Crippen molar-refractivity contribution in [2.24, 2.45) is 0 Å². The average Bonchev–Trinajstić information content (AvgIpc) is 3.06. The molecule has 1 amide bonds. The van der Waals surface area contributed by atoms with Crippen molar-refractivity contribution in [3.05, 3.63) is 83.3 Å². The predicted molar refractivity (Wildman–Crippen MR) is 112 cm³/mol. The smallest absolute Gasteiger partial charge is 0.323 e. The molecule has 0 saturated carbocycles. The lowest BCUT2D eigenvalue weighted by molar-refractivity contribution is -0.137. The number of carboxylic acid groups (broad SMARTS) is 1. The first-order valence-electron chi connectivity index (χ1n) is 9.82. The summed E-state index contributed by atoms with van der Waals surface area (Å²) in [6, 6.07) is 17.6. The van der Waals surface area contributed by atoms with Gasteiger partial charge in [-0.3, -0.25) is 9.59 Å². The van der Waals surface area contributed by atoms with Crippen LogP contribution in [0.5, 0.6) is 0 Å². The summed E-state index contributed by atoms with van der Waals surface area (Å²) in [4.78, 5) is 26.5. The lowest BCUT2D eigenvalue weighted by Gasteiger charge is -2.28. The Kier molecular flexibility index (Phi) is 4.28. The number of carbonyl (C=O) groups excluding carboxylic acids is 1. The summed E-state index contributed by atoms with van der Waals surface area (Å²) in [6.45, 7) is 0.771. The molecule has 0 unspecified atom stereocenters. The Morgan fingerprint density at radius 1 is 0.933 bits per heavy atom. The Balaban J connectivity index is 1.56. The lowest BCUT2D eigenvalue weighted by atomic mass is 10.0. The van der Waals surface area contributed by atoms with E-state index in [1.807, 2.05) is 28.8 Å². The van der Waals surface area contributed by atoms with E-state index in [-0.39, 0.29) is 18.3 Å². The Morgan fingerprint density at radius 2 is 1.63 bits per heavy atom. The fourth-order valence-electron chi connectivity index (χ4n) is 4.51. The van der Waals surface area contributed by atoms with Crippen LogP contribution in [0, 0.1) is 5.82 Å². The van der Waals surface area contributed by atoms with E-state index < -0.39 is 5.97 Å². The Hall–Kier alpha value is -3.67. The third kappa shape index (κ3) is 2.84. The van der Waals surface area contributed by atoms with Crippen molar-refractivity contribution in [2.45, 2.75) is 19.5 Å². The molecule has 0 aliphatic carbocycles. The maximum absolute atomic E-state index is 14.2. The van der Waals surface area contributed by atoms with E-state index in [1.54, 1.807) is 35.2 Å². The quantitative estimate of drug-likeness (QED) is 0.558. The van der Waals surface area contributed by atoms with E-state index in [4.69, 9.17) is 0 Å². The number of nitrogens with zero attached hydrogens (tertiary/aromatic N) is 2. The van der Waals surface area contributed by atoms with E-state index in [1.165, 1.54) is 6.07 Å². The van der Waals surface area contributed by atoms with Gasteiger partial charge in [0, 0.05) is 52.6 Å². The molecule has 30 heavy (non-hydrogen) atoms. The monoisotopic (exact) mass is 402 g/mol. The molecule has 150 valence electrons. The standard InChI is InChI=1S/C24H19FN2O3/c25-20-10-9-18(15-5-1-2-6-16(15)20)24(30)26-12-11-22-19(13-26)17-7-3-4-8-21(17)27(22)14-23(28)29/h1-10H,11-14H2,(H,28,29). The summed E-state index contributed by atoms with van der Waals surface area (Å²) < 4.78 is 16.0. The van der Waals surface area contributed by atoms with Crippen LogP contribution in [-0.4, -0.2) is 33.0 Å². The molecule has 0 atom stereocenters. The van der Waals surface area contributed by atoms with Gasteiger partial charge in [0.15, 0.2) is 0 Å². The first-order valence-corrected chi connectivity index (χ1v) is 9.82. The summed E-state index contributed by atoms with van der Waals surface area (Å²) in [5, 5.41) is 11.3. The van der Waals surface area contributed by atoms with Gasteiger partial charge in [0.1, 0.15) is 12.4 Å². The number of hydrogen-bond donors (Lipinski definition) is 1. The molecular weight excluding hydrogens is 383 g/mol. The third-order valence-corrected chi connectivity index (χ3v) is 5.84. The van der Waals surface area contributed by atoms with Crippen LogP contribution in [0.2, 0.25) is 0 Å². The Bertz CT molecular complexity index is 1330. The minimum Gasteiger partial charge on any atom is -0.480 e. The van der Waals surface area contributed by atoms with Crippen LogP contribution < -0.4 is 0 Å². The molecule has 4 aromatic rings. The number of carboxylic acids is 1. The highest BCUT2D eigenvalue weighted by Gasteiger charge is 2.28. The summed E-state index contributed by atoms with van der Waals surface area (Å²) in [6.07, 6.45) is 0.572. The van der Waals surface area contributed by atoms with Gasteiger partial charge in [0.25, 0.3) is 5.91 Å². The van der Waals surface area contributed by atoms with Gasteiger partial charge >= 0.3 is 5.97 Å². The number of aliphatic carboxylic acids is 1. The number of rotatable bonds is 3. The van der Waals surface area contributed by atoms with Crippen LogP contribution in [0.3, 0.4) is 0 Å². The van der Waals surface area contributed by atoms with Crippen LogP contribution in [0.15, 0.2) is 60.7 Å². The first kappa shape index (κ1) is 18.4. The normalized spacial score (nSPS) is 13.6. The van der Waals surface area contributed by atoms with Gasteiger partial charge in [-0.2, -0.15) is 0 Å². The van der Waals surface area contributed by atoms with Crippen molar-refractivity contribution in [1.29, 1.82) is 0 Å². The number of para-hydroxylation sites is 1. The number of amides is 1. The van der Waals surface area contributed by atoms with Crippen LogP contribution in [0.25, 0.3) is 21.7 Å². The Labute approximate surface area is 171 Å². The van der Waals surface area contributed by atoms with Gasteiger partial charge in [-0.25, -0.2) is 4.39 Å².